The number of imidazole rings is 1. The molecule has 198 valence electrons. The highest BCUT2D eigenvalue weighted by Gasteiger charge is 2.37. The van der Waals surface area contributed by atoms with Crippen LogP contribution in [0.1, 0.15) is 107 Å². The van der Waals surface area contributed by atoms with Gasteiger partial charge in [-0.1, -0.05) is 48.6 Å². The predicted molar refractivity (Wildman–Crippen MR) is 153 cm³/mol. The summed E-state index contributed by atoms with van der Waals surface area (Å²) >= 11 is 0. The fourth-order valence-electron chi connectivity index (χ4n) is 6.88. The summed E-state index contributed by atoms with van der Waals surface area (Å²) in [5, 5.41) is 0. The second-order valence-electron chi connectivity index (χ2n) is 12.4. The fraction of sp³-hybridized carbons (Fsp3) is 0.455. The Morgan fingerprint density at radius 1 is 0.974 bits per heavy atom. The van der Waals surface area contributed by atoms with Gasteiger partial charge in [0.25, 0.3) is 0 Å². The molecule has 2 heterocycles. The minimum absolute atomic E-state index is 0.0772. The summed E-state index contributed by atoms with van der Waals surface area (Å²) in [6.45, 7) is 12.8. The van der Waals surface area contributed by atoms with Gasteiger partial charge in [-0.25, -0.2) is 9.78 Å². The lowest BCUT2D eigenvalue weighted by Gasteiger charge is -2.41. The maximum atomic E-state index is 12.8. The molecule has 3 aromatic rings. The molecule has 0 radical (unpaired) electrons. The number of carbonyl (C=O) groups is 1. The summed E-state index contributed by atoms with van der Waals surface area (Å²) < 4.78 is 5.64. The van der Waals surface area contributed by atoms with E-state index in [9.17, 15) is 4.79 Å². The summed E-state index contributed by atoms with van der Waals surface area (Å²) in [5.74, 6) is 2.17. The topological polar surface area (TPSA) is 58.2 Å². The van der Waals surface area contributed by atoms with Crippen LogP contribution in [0.4, 0.5) is 4.79 Å². The number of allylic oxidation sites excluding steroid dienone is 1. The third-order valence-electron chi connectivity index (χ3n) is 8.59. The van der Waals surface area contributed by atoms with E-state index in [-0.39, 0.29) is 12.1 Å². The number of aromatic amines is 1. The number of fused-ring (bicyclic) bond motifs is 2. The third kappa shape index (κ3) is 4.46. The van der Waals surface area contributed by atoms with E-state index in [1.807, 2.05) is 31.9 Å². The molecule has 4 aliphatic rings. The van der Waals surface area contributed by atoms with Crippen molar-refractivity contribution in [3.63, 3.8) is 0 Å². The van der Waals surface area contributed by atoms with Gasteiger partial charge in [0.1, 0.15) is 11.4 Å². The van der Waals surface area contributed by atoms with Crippen molar-refractivity contribution in [2.75, 3.05) is 6.54 Å². The summed E-state index contributed by atoms with van der Waals surface area (Å²) in [6.07, 6.45) is 8.70. The molecule has 1 amide bonds. The number of benzene rings is 2. The largest absolute Gasteiger partial charge is 0.444 e. The Bertz CT molecular complexity index is 1370. The standard InChI is InChI=1S/C33H39N3O2/c1-20(2)25-16-17-26(30-24-14-12-23(13-15-24)29(25)30)21-8-10-22(11-9-21)27-19-34-31(35-27)28-7-6-18-36(28)32(37)38-33(3,4)5/h8-11,16-17,19,23-24,28H,1,6-7,12-15,18H2,2-5H3,(H,34,35)/t23?,24?,28-/m0/s1. The number of H-pyrrole nitrogens is 1. The molecule has 2 aromatic carbocycles. The first kappa shape index (κ1) is 25.0. The smallest absolute Gasteiger partial charge is 0.410 e. The number of aromatic nitrogens is 2. The number of rotatable bonds is 4. The Balaban J connectivity index is 1.26. The minimum Gasteiger partial charge on any atom is -0.444 e. The van der Waals surface area contributed by atoms with Gasteiger partial charge in [0, 0.05) is 6.54 Å². The summed E-state index contributed by atoms with van der Waals surface area (Å²) in [6, 6.07) is 13.4. The van der Waals surface area contributed by atoms with Gasteiger partial charge in [-0.2, -0.15) is 0 Å². The molecule has 1 N–H and O–H groups in total. The van der Waals surface area contributed by atoms with Gasteiger partial charge in [-0.15, -0.1) is 0 Å². The van der Waals surface area contributed by atoms with Crippen LogP contribution >= 0.6 is 0 Å². The van der Waals surface area contributed by atoms with Crippen LogP contribution in [-0.2, 0) is 4.74 Å². The molecule has 3 aliphatic carbocycles. The fourth-order valence-corrected chi connectivity index (χ4v) is 6.88. The molecule has 7 rings (SSSR count). The second kappa shape index (κ2) is 9.44. The van der Waals surface area contributed by atoms with Crippen molar-refractivity contribution < 1.29 is 9.53 Å². The average Bonchev–Trinajstić information content (AvgIpc) is 3.58. The van der Waals surface area contributed by atoms with Crippen molar-refractivity contribution >= 4 is 11.7 Å². The van der Waals surface area contributed by atoms with Crippen LogP contribution in [0.15, 0.2) is 49.2 Å². The highest BCUT2D eigenvalue weighted by molar-refractivity contribution is 5.78. The van der Waals surface area contributed by atoms with E-state index in [0.717, 1.165) is 29.9 Å². The minimum atomic E-state index is -0.510. The van der Waals surface area contributed by atoms with E-state index in [1.165, 1.54) is 47.9 Å². The third-order valence-corrected chi connectivity index (χ3v) is 8.59. The van der Waals surface area contributed by atoms with Gasteiger partial charge in [0.05, 0.1) is 17.9 Å². The SMILES string of the molecule is C=C(C)c1ccc(-c2ccc(-c3cnc([C@@H]4CCCN4C(=O)OC(C)(C)C)[nH]3)cc2)c2c1C1CCC2CC1. The molecule has 1 saturated carbocycles. The van der Waals surface area contributed by atoms with Crippen LogP contribution in [0, 0.1) is 0 Å². The first-order valence-electron chi connectivity index (χ1n) is 14.2. The van der Waals surface area contributed by atoms with Crippen molar-refractivity contribution in [1.82, 2.24) is 14.9 Å². The van der Waals surface area contributed by atoms with E-state index in [4.69, 9.17) is 4.74 Å². The molecule has 1 aliphatic heterocycles. The first-order valence-corrected chi connectivity index (χ1v) is 14.2. The molecule has 5 heteroatoms. The van der Waals surface area contributed by atoms with Gasteiger partial charge in [-0.3, -0.25) is 4.90 Å². The zero-order chi connectivity index (χ0) is 26.6. The van der Waals surface area contributed by atoms with Crippen LogP contribution in [0.3, 0.4) is 0 Å². The molecule has 2 fully saturated rings. The number of likely N-dealkylation sites (tertiary alicyclic amines) is 1. The maximum absolute atomic E-state index is 12.8. The monoisotopic (exact) mass is 509 g/mol. The van der Waals surface area contributed by atoms with Crippen molar-refractivity contribution in [1.29, 1.82) is 0 Å². The predicted octanol–water partition coefficient (Wildman–Crippen LogP) is 8.60. The van der Waals surface area contributed by atoms with Crippen LogP contribution in [0.2, 0.25) is 0 Å². The van der Waals surface area contributed by atoms with E-state index < -0.39 is 5.60 Å². The van der Waals surface area contributed by atoms with Gasteiger partial charge < -0.3 is 9.72 Å². The van der Waals surface area contributed by atoms with E-state index in [0.29, 0.717) is 18.4 Å². The van der Waals surface area contributed by atoms with Gasteiger partial charge in [0.2, 0.25) is 0 Å². The van der Waals surface area contributed by atoms with Crippen LogP contribution in [0.5, 0.6) is 0 Å². The van der Waals surface area contributed by atoms with Crippen molar-refractivity contribution in [2.24, 2.45) is 0 Å². The molecule has 1 saturated heterocycles. The number of carbonyl (C=O) groups excluding carboxylic acids is 1. The normalized spacial score (nSPS) is 22.4. The molecule has 0 unspecified atom stereocenters. The Labute approximate surface area is 226 Å². The number of amides is 1. The number of nitrogens with zero attached hydrogens (tertiary/aromatic N) is 2. The van der Waals surface area contributed by atoms with Crippen molar-refractivity contribution in [2.45, 2.75) is 89.7 Å². The molecule has 0 spiro atoms. The van der Waals surface area contributed by atoms with Gasteiger partial charge in [0.15, 0.2) is 0 Å². The first-order chi connectivity index (χ1) is 18.2. The lowest BCUT2D eigenvalue weighted by molar-refractivity contribution is 0.0218. The molecule has 5 nitrogen and oxygen atoms in total. The van der Waals surface area contributed by atoms with Crippen molar-refractivity contribution in [3.05, 3.63) is 71.7 Å². The lowest BCUT2D eigenvalue weighted by atomic mass is 9.63. The Hall–Kier alpha value is -3.34. The molecular formula is C33H39N3O2. The number of ether oxygens (including phenoxy) is 1. The lowest BCUT2D eigenvalue weighted by Crippen LogP contribution is -2.36. The zero-order valence-electron chi connectivity index (χ0n) is 23.1. The molecule has 1 atom stereocenters. The number of hydrogen-bond acceptors (Lipinski definition) is 3. The summed E-state index contributed by atoms with van der Waals surface area (Å²) in [7, 11) is 0. The van der Waals surface area contributed by atoms with E-state index in [1.54, 1.807) is 11.1 Å². The summed E-state index contributed by atoms with van der Waals surface area (Å²) in [5.41, 5.74) is 9.92. The summed E-state index contributed by atoms with van der Waals surface area (Å²) in [4.78, 5) is 22.7. The zero-order valence-corrected chi connectivity index (χ0v) is 23.1. The highest BCUT2D eigenvalue weighted by Crippen LogP contribution is 2.54. The molecular weight excluding hydrogens is 470 g/mol. The molecule has 2 bridgehead atoms. The molecule has 1 aromatic heterocycles. The van der Waals surface area contributed by atoms with E-state index >= 15 is 0 Å². The Kier molecular flexibility index (Phi) is 6.20. The maximum Gasteiger partial charge on any atom is 0.410 e. The molecule has 38 heavy (non-hydrogen) atoms. The number of nitrogens with one attached hydrogen (secondary N) is 1. The van der Waals surface area contributed by atoms with Crippen LogP contribution in [0.25, 0.3) is 28.0 Å². The Morgan fingerprint density at radius 2 is 1.63 bits per heavy atom. The average molecular weight is 510 g/mol. The quantitative estimate of drug-likeness (QED) is 0.383. The number of hydrogen-bond donors (Lipinski definition) is 1. The van der Waals surface area contributed by atoms with Gasteiger partial charge >= 0.3 is 6.09 Å². The highest BCUT2D eigenvalue weighted by atomic mass is 16.6. The Morgan fingerprint density at radius 3 is 2.29 bits per heavy atom. The van der Waals surface area contributed by atoms with Gasteiger partial charge in [-0.05, 0) is 111 Å². The van der Waals surface area contributed by atoms with Crippen LogP contribution < -0.4 is 0 Å². The van der Waals surface area contributed by atoms with Crippen LogP contribution in [-0.4, -0.2) is 33.1 Å². The second-order valence-corrected chi connectivity index (χ2v) is 12.4. The van der Waals surface area contributed by atoms with E-state index in [2.05, 4.69) is 59.9 Å². The van der Waals surface area contributed by atoms with Crippen molar-refractivity contribution in [3.8, 4) is 22.4 Å².